The van der Waals surface area contributed by atoms with Crippen LogP contribution in [0.2, 0.25) is 0 Å². The third kappa shape index (κ3) is 3.04. The standard InChI is InChI=1S/C15H22N2O3/c1-4-11(16)15(18)17-12-8-13-10(6-9(3)20-13)7-14(12)19-5-2/h7-9,11H,4-6,16H2,1-3H3,(H,17,18)/t9?,11-/m0/s1. The van der Waals surface area contributed by atoms with Gasteiger partial charge in [0.25, 0.3) is 0 Å². The number of rotatable bonds is 5. The lowest BCUT2D eigenvalue weighted by atomic mass is 10.1. The van der Waals surface area contributed by atoms with Gasteiger partial charge < -0.3 is 20.5 Å². The fourth-order valence-corrected chi connectivity index (χ4v) is 2.22. The minimum atomic E-state index is -0.516. The molecule has 0 spiro atoms. The van der Waals surface area contributed by atoms with E-state index < -0.39 is 6.04 Å². The lowest BCUT2D eigenvalue weighted by Gasteiger charge is -2.15. The second-order valence-electron chi connectivity index (χ2n) is 5.03. The molecule has 110 valence electrons. The number of hydrogen-bond acceptors (Lipinski definition) is 4. The van der Waals surface area contributed by atoms with Crippen LogP contribution in [0.15, 0.2) is 12.1 Å². The highest BCUT2D eigenvalue weighted by molar-refractivity contribution is 5.96. The summed E-state index contributed by atoms with van der Waals surface area (Å²) in [6.45, 7) is 6.35. The predicted octanol–water partition coefficient (Wildman–Crippen LogP) is 2.08. The summed E-state index contributed by atoms with van der Waals surface area (Å²) in [4.78, 5) is 11.9. The van der Waals surface area contributed by atoms with Crippen molar-refractivity contribution in [3.8, 4) is 11.5 Å². The number of nitrogens with one attached hydrogen (secondary N) is 1. The maximum absolute atomic E-state index is 11.9. The van der Waals surface area contributed by atoms with Crippen LogP contribution in [0.1, 0.15) is 32.8 Å². The lowest BCUT2D eigenvalue weighted by molar-refractivity contribution is -0.117. The lowest BCUT2D eigenvalue weighted by Crippen LogP contribution is -2.34. The van der Waals surface area contributed by atoms with E-state index in [0.29, 0.717) is 24.5 Å². The van der Waals surface area contributed by atoms with Crippen molar-refractivity contribution in [2.24, 2.45) is 5.73 Å². The van der Waals surface area contributed by atoms with Crippen molar-refractivity contribution in [3.63, 3.8) is 0 Å². The van der Waals surface area contributed by atoms with Gasteiger partial charge in [-0.15, -0.1) is 0 Å². The van der Waals surface area contributed by atoms with E-state index in [2.05, 4.69) is 5.32 Å². The van der Waals surface area contributed by atoms with Crippen molar-refractivity contribution in [3.05, 3.63) is 17.7 Å². The molecule has 20 heavy (non-hydrogen) atoms. The van der Waals surface area contributed by atoms with Crippen LogP contribution in [0.25, 0.3) is 0 Å². The molecule has 0 saturated carbocycles. The van der Waals surface area contributed by atoms with Gasteiger partial charge in [0.2, 0.25) is 5.91 Å². The Morgan fingerprint density at radius 2 is 2.30 bits per heavy atom. The minimum Gasteiger partial charge on any atom is -0.492 e. The molecule has 1 amide bonds. The van der Waals surface area contributed by atoms with Gasteiger partial charge >= 0.3 is 0 Å². The Morgan fingerprint density at radius 3 is 2.95 bits per heavy atom. The number of anilines is 1. The van der Waals surface area contributed by atoms with E-state index in [9.17, 15) is 4.79 Å². The van der Waals surface area contributed by atoms with E-state index >= 15 is 0 Å². The van der Waals surface area contributed by atoms with E-state index in [1.165, 1.54) is 0 Å². The maximum atomic E-state index is 11.9. The largest absolute Gasteiger partial charge is 0.492 e. The summed E-state index contributed by atoms with van der Waals surface area (Å²) in [6.07, 6.45) is 1.61. The Labute approximate surface area is 119 Å². The first kappa shape index (κ1) is 14.7. The van der Waals surface area contributed by atoms with Gasteiger partial charge in [0.1, 0.15) is 17.6 Å². The van der Waals surface area contributed by atoms with Crippen LogP contribution in [0.5, 0.6) is 11.5 Å². The molecule has 1 heterocycles. The molecule has 1 aromatic carbocycles. The van der Waals surface area contributed by atoms with Gasteiger partial charge in [-0.05, 0) is 26.3 Å². The van der Waals surface area contributed by atoms with Crippen LogP contribution in [0, 0.1) is 0 Å². The first-order chi connectivity index (χ1) is 9.55. The molecule has 1 aliphatic rings. The van der Waals surface area contributed by atoms with E-state index in [0.717, 1.165) is 17.7 Å². The normalized spacial score (nSPS) is 18.1. The second-order valence-corrected chi connectivity index (χ2v) is 5.03. The van der Waals surface area contributed by atoms with E-state index in [1.54, 1.807) is 0 Å². The molecule has 5 heteroatoms. The monoisotopic (exact) mass is 278 g/mol. The number of ether oxygens (including phenoxy) is 2. The van der Waals surface area contributed by atoms with Gasteiger partial charge in [-0.3, -0.25) is 4.79 Å². The molecule has 0 saturated heterocycles. The predicted molar refractivity (Wildman–Crippen MR) is 78.3 cm³/mol. The van der Waals surface area contributed by atoms with Crippen LogP contribution in [0.3, 0.4) is 0 Å². The molecule has 2 rings (SSSR count). The number of carbonyl (C=O) groups is 1. The molecular weight excluding hydrogens is 256 g/mol. The zero-order chi connectivity index (χ0) is 14.7. The summed E-state index contributed by atoms with van der Waals surface area (Å²) >= 11 is 0. The average molecular weight is 278 g/mol. The SMILES string of the molecule is CCOc1cc2c(cc1NC(=O)[C@@H](N)CC)OC(C)C2. The van der Waals surface area contributed by atoms with Gasteiger partial charge in [-0.2, -0.15) is 0 Å². The maximum Gasteiger partial charge on any atom is 0.241 e. The quantitative estimate of drug-likeness (QED) is 0.865. The van der Waals surface area contributed by atoms with Gasteiger partial charge in [0, 0.05) is 18.1 Å². The molecule has 3 N–H and O–H groups in total. The molecule has 5 nitrogen and oxygen atoms in total. The van der Waals surface area contributed by atoms with Crippen molar-refractivity contribution in [1.29, 1.82) is 0 Å². The summed E-state index contributed by atoms with van der Waals surface area (Å²) in [6, 6.07) is 3.25. The van der Waals surface area contributed by atoms with E-state index in [-0.39, 0.29) is 12.0 Å². The van der Waals surface area contributed by atoms with Crippen molar-refractivity contribution in [2.75, 3.05) is 11.9 Å². The summed E-state index contributed by atoms with van der Waals surface area (Å²) in [5, 5.41) is 2.82. The van der Waals surface area contributed by atoms with E-state index in [4.69, 9.17) is 15.2 Å². The van der Waals surface area contributed by atoms with Crippen molar-refractivity contribution < 1.29 is 14.3 Å². The number of benzene rings is 1. The molecule has 0 bridgehead atoms. The second kappa shape index (κ2) is 6.13. The van der Waals surface area contributed by atoms with Crippen molar-refractivity contribution in [1.82, 2.24) is 0 Å². The van der Waals surface area contributed by atoms with Crippen LogP contribution >= 0.6 is 0 Å². The third-order valence-corrected chi connectivity index (χ3v) is 3.33. The zero-order valence-corrected chi connectivity index (χ0v) is 12.2. The highest BCUT2D eigenvalue weighted by Gasteiger charge is 2.23. The highest BCUT2D eigenvalue weighted by Crippen LogP contribution is 2.38. The first-order valence-corrected chi connectivity index (χ1v) is 7.08. The molecule has 0 aromatic heterocycles. The minimum absolute atomic E-state index is 0.156. The topological polar surface area (TPSA) is 73.6 Å². The number of amides is 1. The smallest absolute Gasteiger partial charge is 0.241 e. The average Bonchev–Trinajstić information content (AvgIpc) is 2.77. The third-order valence-electron chi connectivity index (χ3n) is 3.33. The van der Waals surface area contributed by atoms with Crippen LogP contribution in [-0.4, -0.2) is 24.7 Å². The Kier molecular flexibility index (Phi) is 4.49. The number of carbonyl (C=O) groups excluding carboxylic acids is 1. The molecule has 1 aliphatic heterocycles. The van der Waals surface area contributed by atoms with E-state index in [1.807, 2.05) is 32.9 Å². The summed E-state index contributed by atoms with van der Waals surface area (Å²) in [7, 11) is 0. The number of hydrogen-bond donors (Lipinski definition) is 2. The summed E-state index contributed by atoms with van der Waals surface area (Å²) < 4.78 is 11.3. The van der Waals surface area contributed by atoms with Gasteiger partial charge in [-0.1, -0.05) is 6.92 Å². The molecule has 1 aromatic rings. The first-order valence-electron chi connectivity index (χ1n) is 7.08. The summed E-state index contributed by atoms with van der Waals surface area (Å²) in [5.74, 6) is 1.27. The van der Waals surface area contributed by atoms with Crippen molar-refractivity contribution >= 4 is 11.6 Å². The van der Waals surface area contributed by atoms with Gasteiger partial charge in [-0.25, -0.2) is 0 Å². The summed E-state index contributed by atoms with van der Waals surface area (Å²) in [5.41, 5.74) is 7.47. The molecule has 2 atom stereocenters. The fourth-order valence-electron chi connectivity index (χ4n) is 2.22. The molecule has 0 fully saturated rings. The zero-order valence-electron chi connectivity index (χ0n) is 12.2. The Hall–Kier alpha value is -1.75. The molecule has 0 aliphatic carbocycles. The fraction of sp³-hybridized carbons (Fsp3) is 0.533. The van der Waals surface area contributed by atoms with Crippen LogP contribution in [0.4, 0.5) is 5.69 Å². The van der Waals surface area contributed by atoms with Crippen LogP contribution < -0.4 is 20.5 Å². The molecule has 1 unspecified atom stereocenters. The number of nitrogens with two attached hydrogens (primary N) is 1. The van der Waals surface area contributed by atoms with Crippen molar-refractivity contribution in [2.45, 2.75) is 45.8 Å². The highest BCUT2D eigenvalue weighted by atomic mass is 16.5. The van der Waals surface area contributed by atoms with Gasteiger partial charge in [0.15, 0.2) is 0 Å². The molecular formula is C15H22N2O3. The number of fused-ring (bicyclic) bond motifs is 1. The molecule has 0 radical (unpaired) electrons. The Bertz CT molecular complexity index is 502. The van der Waals surface area contributed by atoms with Crippen LogP contribution in [-0.2, 0) is 11.2 Å². The Morgan fingerprint density at radius 1 is 1.55 bits per heavy atom. The Balaban J connectivity index is 2.27. The van der Waals surface area contributed by atoms with Gasteiger partial charge in [0.05, 0.1) is 18.3 Å².